The lowest BCUT2D eigenvalue weighted by molar-refractivity contribution is 0.0734. The van der Waals surface area contributed by atoms with Crippen molar-refractivity contribution < 1.29 is 19.0 Å². The molecule has 0 heterocycles. The van der Waals surface area contributed by atoms with Crippen molar-refractivity contribution in [3.8, 4) is 17.2 Å². The Kier molecular flexibility index (Phi) is 5.77. The minimum Gasteiger partial charge on any atom is -0.493 e. The van der Waals surface area contributed by atoms with Gasteiger partial charge in [0.2, 0.25) is 0 Å². The summed E-state index contributed by atoms with van der Waals surface area (Å²) in [6, 6.07) is 20.4. The number of rotatable bonds is 6. The van der Waals surface area contributed by atoms with Crippen LogP contribution in [0.2, 0.25) is 0 Å². The highest BCUT2D eigenvalue weighted by Gasteiger charge is 2.10. The standard InChI is InChI=1S/C23H22O4/c1-16-12-17(2)14-20(13-16)27-23(24)19-10-8-18(9-11-19)15-26-22-7-5-4-6-21(22)25-3/h4-14H,15H2,1-3H3. The molecule has 0 aromatic heterocycles. The van der Waals surface area contributed by atoms with Gasteiger partial charge >= 0.3 is 5.97 Å². The van der Waals surface area contributed by atoms with Crippen molar-refractivity contribution in [2.45, 2.75) is 20.5 Å². The van der Waals surface area contributed by atoms with Crippen LogP contribution in [0.15, 0.2) is 66.7 Å². The fraction of sp³-hybridized carbons (Fsp3) is 0.174. The molecule has 0 amide bonds. The van der Waals surface area contributed by atoms with Gasteiger partial charge in [-0.1, -0.05) is 30.3 Å². The predicted octanol–water partition coefficient (Wildman–Crippen LogP) is 5.11. The Morgan fingerprint density at radius 3 is 2.11 bits per heavy atom. The van der Waals surface area contributed by atoms with E-state index in [0.717, 1.165) is 16.7 Å². The Balaban J connectivity index is 1.63. The van der Waals surface area contributed by atoms with Gasteiger partial charge in [-0.15, -0.1) is 0 Å². The molecule has 4 heteroatoms. The monoisotopic (exact) mass is 362 g/mol. The summed E-state index contributed by atoms with van der Waals surface area (Å²) in [6.07, 6.45) is 0. The van der Waals surface area contributed by atoms with Gasteiger partial charge < -0.3 is 14.2 Å². The molecule has 0 radical (unpaired) electrons. The number of benzene rings is 3. The minimum absolute atomic E-state index is 0.378. The summed E-state index contributed by atoms with van der Waals surface area (Å²) in [5.41, 5.74) is 3.56. The largest absolute Gasteiger partial charge is 0.493 e. The number of hydrogen-bond acceptors (Lipinski definition) is 4. The number of ether oxygens (including phenoxy) is 3. The van der Waals surface area contributed by atoms with Crippen LogP contribution in [-0.2, 0) is 6.61 Å². The highest BCUT2D eigenvalue weighted by atomic mass is 16.5. The quantitative estimate of drug-likeness (QED) is 0.451. The number of methoxy groups -OCH3 is 1. The van der Waals surface area contributed by atoms with Crippen molar-refractivity contribution >= 4 is 5.97 Å². The first-order valence-corrected chi connectivity index (χ1v) is 8.70. The van der Waals surface area contributed by atoms with Gasteiger partial charge in [-0.2, -0.15) is 0 Å². The summed E-state index contributed by atoms with van der Waals surface area (Å²) in [5, 5.41) is 0. The SMILES string of the molecule is COc1ccccc1OCc1ccc(C(=O)Oc2cc(C)cc(C)c2)cc1. The molecule has 3 aromatic carbocycles. The van der Waals surface area contributed by atoms with Gasteiger partial charge in [-0.25, -0.2) is 4.79 Å². The molecule has 0 N–H and O–H groups in total. The van der Waals surface area contributed by atoms with Crippen LogP contribution in [-0.4, -0.2) is 13.1 Å². The van der Waals surface area contributed by atoms with E-state index in [1.807, 2.05) is 68.4 Å². The summed E-state index contributed by atoms with van der Waals surface area (Å²) in [5.74, 6) is 1.54. The maximum atomic E-state index is 12.3. The zero-order valence-electron chi connectivity index (χ0n) is 15.7. The number of aryl methyl sites for hydroxylation is 2. The third kappa shape index (κ3) is 4.88. The van der Waals surface area contributed by atoms with Crippen molar-refractivity contribution in [1.29, 1.82) is 0 Å². The molecule has 138 valence electrons. The molecule has 27 heavy (non-hydrogen) atoms. The summed E-state index contributed by atoms with van der Waals surface area (Å²) >= 11 is 0. The van der Waals surface area contributed by atoms with Gasteiger partial charge in [0.15, 0.2) is 11.5 Å². The van der Waals surface area contributed by atoms with E-state index in [4.69, 9.17) is 14.2 Å². The lowest BCUT2D eigenvalue weighted by Crippen LogP contribution is -2.09. The third-order valence-corrected chi connectivity index (χ3v) is 4.06. The molecule has 0 saturated carbocycles. The Morgan fingerprint density at radius 2 is 1.48 bits per heavy atom. The maximum absolute atomic E-state index is 12.3. The number of hydrogen-bond donors (Lipinski definition) is 0. The van der Waals surface area contributed by atoms with E-state index in [-0.39, 0.29) is 5.97 Å². The lowest BCUT2D eigenvalue weighted by Gasteiger charge is -2.11. The van der Waals surface area contributed by atoms with Crippen molar-refractivity contribution in [3.05, 3.63) is 89.0 Å². The molecule has 3 aromatic rings. The second-order valence-corrected chi connectivity index (χ2v) is 6.35. The zero-order chi connectivity index (χ0) is 19.2. The third-order valence-electron chi connectivity index (χ3n) is 4.06. The van der Waals surface area contributed by atoms with E-state index in [9.17, 15) is 4.79 Å². The second-order valence-electron chi connectivity index (χ2n) is 6.35. The number of carbonyl (C=O) groups excluding carboxylic acids is 1. The topological polar surface area (TPSA) is 44.8 Å². The second kappa shape index (κ2) is 8.41. The summed E-state index contributed by atoms with van der Waals surface area (Å²) in [6.45, 7) is 4.33. The Bertz CT molecular complexity index is 909. The van der Waals surface area contributed by atoms with Crippen molar-refractivity contribution in [2.75, 3.05) is 7.11 Å². The van der Waals surface area contributed by atoms with E-state index >= 15 is 0 Å². The first kappa shape index (κ1) is 18.5. The van der Waals surface area contributed by atoms with Gasteiger partial charge in [0.1, 0.15) is 12.4 Å². The molecule has 0 aliphatic heterocycles. The molecule has 0 saturated heterocycles. The predicted molar refractivity (Wildman–Crippen MR) is 105 cm³/mol. The zero-order valence-corrected chi connectivity index (χ0v) is 15.7. The van der Waals surface area contributed by atoms with Gasteiger partial charge in [0.05, 0.1) is 12.7 Å². The smallest absolute Gasteiger partial charge is 0.343 e. The van der Waals surface area contributed by atoms with E-state index in [2.05, 4.69) is 0 Å². The highest BCUT2D eigenvalue weighted by Crippen LogP contribution is 2.26. The molecule has 0 unspecified atom stereocenters. The van der Waals surface area contributed by atoms with Crippen LogP contribution in [0.3, 0.4) is 0 Å². The number of esters is 1. The fourth-order valence-electron chi connectivity index (χ4n) is 2.79. The van der Waals surface area contributed by atoms with Crippen LogP contribution < -0.4 is 14.2 Å². The average molecular weight is 362 g/mol. The first-order chi connectivity index (χ1) is 13.0. The van der Waals surface area contributed by atoms with Gasteiger partial charge in [-0.3, -0.25) is 0 Å². The van der Waals surface area contributed by atoms with Gasteiger partial charge in [0, 0.05) is 0 Å². The van der Waals surface area contributed by atoms with Crippen molar-refractivity contribution in [2.24, 2.45) is 0 Å². The Hall–Kier alpha value is -3.27. The molecule has 3 rings (SSSR count). The van der Waals surface area contributed by atoms with Crippen molar-refractivity contribution in [1.82, 2.24) is 0 Å². The summed E-state index contributed by atoms with van der Waals surface area (Å²) in [4.78, 5) is 12.3. The Morgan fingerprint density at radius 1 is 0.852 bits per heavy atom. The van der Waals surface area contributed by atoms with Gasteiger partial charge in [0.25, 0.3) is 0 Å². The molecule has 0 spiro atoms. The van der Waals surface area contributed by atoms with Crippen LogP contribution in [0.4, 0.5) is 0 Å². The minimum atomic E-state index is -0.378. The molecule has 4 nitrogen and oxygen atoms in total. The number of para-hydroxylation sites is 2. The fourth-order valence-corrected chi connectivity index (χ4v) is 2.79. The lowest BCUT2D eigenvalue weighted by atomic mass is 10.1. The molecule has 0 aliphatic rings. The summed E-state index contributed by atoms with van der Waals surface area (Å²) in [7, 11) is 1.61. The van der Waals surface area contributed by atoms with Gasteiger partial charge in [-0.05, 0) is 66.9 Å². The highest BCUT2D eigenvalue weighted by molar-refractivity contribution is 5.91. The normalized spacial score (nSPS) is 10.3. The van der Waals surface area contributed by atoms with Crippen LogP contribution in [0.25, 0.3) is 0 Å². The van der Waals surface area contributed by atoms with Crippen LogP contribution >= 0.6 is 0 Å². The van der Waals surface area contributed by atoms with E-state index in [1.54, 1.807) is 19.2 Å². The first-order valence-electron chi connectivity index (χ1n) is 8.70. The van der Waals surface area contributed by atoms with Crippen molar-refractivity contribution in [3.63, 3.8) is 0 Å². The van der Waals surface area contributed by atoms with Crippen LogP contribution in [0.1, 0.15) is 27.0 Å². The molecular weight excluding hydrogens is 340 g/mol. The Labute approximate surface area is 159 Å². The molecular formula is C23H22O4. The van der Waals surface area contributed by atoms with Crippen LogP contribution in [0, 0.1) is 13.8 Å². The van der Waals surface area contributed by atoms with E-state index in [0.29, 0.717) is 29.4 Å². The molecule has 0 bridgehead atoms. The average Bonchev–Trinajstić information content (AvgIpc) is 2.66. The molecule has 0 atom stereocenters. The van der Waals surface area contributed by atoms with Crippen LogP contribution in [0.5, 0.6) is 17.2 Å². The summed E-state index contributed by atoms with van der Waals surface area (Å²) < 4.78 is 16.5. The maximum Gasteiger partial charge on any atom is 0.343 e. The van der Waals surface area contributed by atoms with E-state index < -0.39 is 0 Å². The van der Waals surface area contributed by atoms with E-state index in [1.165, 1.54) is 0 Å². The molecule has 0 aliphatic carbocycles. The number of carbonyl (C=O) groups is 1. The molecule has 0 fully saturated rings.